The molecule has 1 fully saturated rings. The molecule has 1 saturated heterocycles. The number of nitrogens with zero attached hydrogens (tertiary/aromatic N) is 2. The lowest BCUT2D eigenvalue weighted by Crippen LogP contribution is -2.52. The Morgan fingerprint density at radius 2 is 2.26 bits per heavy atom. The largest absolute Gasteiger partial charge is 0.322 e. The first kappa shape index (κ1) is 9.66. The summed E-state index contributed by atoms with van der Waals surface area (Å²) in [4.78, 5) is 40.5. The lowest BCUT2D eigenvalue weighted by molar-refractivity contribution is -0.136. The smallest absolute Gasteiger partial charge is 0.256 e. The highest BCUT2D eigenvalue weighted by Gasteiger charge is 2.39. The maximum Gasteiger partial charge on any atom is 0.256 e. The summed E-state index contributed by atoms with van der Waals surface area (Å²) in [5.74, 6) is -1.61. The van der Waals surface area contributed by atoms with Crippen LogP contribution in [0, 0.1) is 6.92 Å². The number of rotatable bonds is 1. The number of piperidine rings is 1. The van der Waals surface area contributed by atoms with Gasteiger partial charge in [0.2, 0.25) is 11.8 Å². The first-order valence-corrected chi connectivity index (χ1v) is 5.97. The fraction of sp³-hybridized carbons (Fsp3) is 0.385. The van der Waals surface area contributed by atoms with Gasteiger partial charge >= 0.3 is 0 Å². The zero-order valence-electron chi connectivity index (χ0n) is 12.3. The number of fused-ring (bicyclic) bond motifs is 1. The number of imide groups is 1. The molecule has 1 aromatic heterocycles. The predicted octanol–water partition coefficient (Wildman–Crippen LogP) is 0.151. The first-order chi connectivity index (χ1) is 9.82. The maximum absolute atomic E-state index is 12.4. The average molecular weight is 261 g/mol. The average Bonchev–Trinajstić information content (AvgIpc) is 2.59. The molecule has 0 aliphatic carbocycles. The molecular formula is C13H13N3O3. The highest BCUT2D eigenvalue weighted by molar-refractivity contribution is 6.05. The van der Waals surface area contributed by atoms with Crippen molar-refractivity contribution in [2.24, 2.45) is 0 Å². The van der Waals surface area contributed by atoms with Gasteiger partial charge < -0.3 is 4.90 Å². The van der Waals surface area contributed by atoms with E-state index in [1.807, 2.05) is 0 Å². The monoisotopic (exact) mass is 261 g/mol. The van der Waals surface area contributed by atoms with Gasteiger partial charge in [0.1, 0.15) is 6.04 Å². The second kappa shape index (κ2) is 4.15. The summed E-state index contributed by atoms with van der Waals surface area (Å²) in [6, 6.07) is 0.525. The lowest BCUT2D eigenvalue weighted by Gasteiger charge is -2.29. The molecule has 3 amide bonds. The molecule has 1 atom stereocenters. The normalized spacial score (nSPS) is 26.7. The van der Waals surface area contributed by atoms with Crippen molar-refractivity contribution in [2.75, 3.05) is 0 Å². The zero-order chi connectivity index (χ0) is 15.4. The van der Waals surface area contributed by atoms with Gasteiger partial charge in [-0.2, -0.15) is 0 Å². The number of hydrogen-bond acceptors (Lipinski definition) is 4. The van der Waals surface area contributed by atoms with Crippen molar-refractivity contribution in [1.29, 1.82) is 0 Å². The van der Waals surface area contributed by atoms with Crippen LogP contribution >= 0.6 is 0 Å². The van der Waals surface area contributed by atoms with Gasteiger partial charge in [0.05, 0.1) is 8.30 Å². The Hall–Kier alpha value is -2.24. The third-order valence-electron chi connectivity index (χ3n) is 3.25. The minimum atomic E-state index is -2.09. The lowest BCUT2D eigenvalue weighted by atomic mass is 10.0. The van der Waals surface area contributed by atoms with Gasteiger partial charge in [0, 0.05) is 24.8 Å². The molecule has 2 aliphatic rings. The Bertz CT molecular complexity index is 675. The van der Waals surface area contributed by atoms with E-state index < -0.39 is 30.3 Å². The highest BCUT2D eigenvalue weighted by Crippen LogP contribution is 2.27. The van der Waals surface area contributed by atoms with Crippen LogP contribution in [-0.4, -0.2) is 33.6 Å². The number of aromatic nitrogens is 1. The first-order valence-electron chi connectivity index (χ1n) is 6.97. The summed E-state index contributed by atoms with van der Waals surface area (Å²) in [6.45, 7) is -0.391. The molecule has 6 heteroatoms. The fourth-order valence-corrected chi connectivity index (χ4v) is 2.28. The fourth-order valence-electron chi connectivity index (χ4n) is 2.28. The van der Waals surface area contributed by atoms with Crippen molar-refractivity contribution >= 4 is 17.7 Å². The van der Waals surface area contributed by atoms with E-state index in [0.717, 1.165) is 4.90 Å². The number of carbonyl (C=O) groups is 3. The highest BCUT2D eigenvalue weighted by atomic mass is 16.2. The molecule has 1 unspecified atom stereocenters. The van der Waals surface area contributed by atoms with Crippen molar-refractivity contribution in [3.05, 3.63) is 29.1 Å². The molecule has 6 nitrogen and oxygen atoms in total. The van der Waals surface area contributed by atoms with Crippen LogP contribution in [0.3, 0.4) is 0 Å². The second-order valence-electron chi connectivity index (χ2n) is 4.63. The molecule has 0 saturated carbocycles. The van der Waals surface area contributed by atoms with Gasteiger partial charge in [-0.05, 0) is 25.0 Å². The quantitative estimate of drug-likeness (QED) is 0.730. The Balaban J connectivity index is 2.04. The molecule has 0 spiro atoms. The molecule has 3 heterocycles. The van der Waals surface area contributed by atoms with Crippen LogP contribution in [0.4, 0.5) is 0 Å². The van der Waals surface area contributed by atoms with Crippen molar-refractivity contribution in [2.45, 2.75) is 32.3 Å². The summed E-state index contributed by atoms with van der Waals surface area (Å²) >= 11 is 0. The van der Waals surface area contributed by atoms with Crippen LogP contribution in [0.1, 0.15) is 37.2 Å². The number of nitrogens with one attached hydrogen (secondary N) is 1. The van der Waals surface area contributed by atoms with Gasteiger partial charge in [-0.3, -0.25) is 24.7 Å². The predicted molar refractivity (Wildman–Crippen MR) is 65.0 cm³/mol. The van der Waals surface area contributed by atoms with Crippen molar-refractivity contribution in [3.8, 4) is 0 Å². The summed E-state index contributed by atoms with van der Waals surface area (Å²) in [5, 5.41) is 2.15. The Kier molecular flexibility index (Phi) is 2.11. The van der Waals surface area contributed by atoms with E-state index in [2.05, 4.69) is 10.3 Å². The van der Waals surface area contributed by atoms with Gasteiger partial charge in [0.25, 0.3) is 5.91 Å². The Labute approximate surface area is 112 Å². The van der Waals surface area contributed by atoms with Crippen LogP contribution in [0.2, 0.25) is 0 Å². The van der Waals surface area contributed by atoms with Crippen LogP contribution in [0.15, 0.2) is 12.3 Å². The van der Waals surface area contributed by atoms with Crippen LogP contribution in [-0.2, 0) is 16.1 Å². The van der Waals surface area contributed by atoms with Crippen molar-refractivity contribution in [3.63, 3.8) is 0 Å². The topological polar surface area (TPSA) is 79.4 Å². The molecule has 1 N–H and O–H groups in total. The molecule has 3 rings (SSSR count). The molecule has 0 radical (unpaired) electrons. The minimum Gasteiger partial charge on any atom is -0.322 e. The van der Waals surface area contributed by atoms with E-state index in [1.165, 1.54) is 12.3 Å². The molecule has 0 bridgehead atoms. The standard InChI is InChI=1S/C13H13N3O3/c1-7-4-8-6-16(13(19)9(8)5-14-7)10-2-3-11(17)15-12(10)18/h4-5,10H,2-3,6H2,1H3,(H,15,17,18)/i6D2. The van der Waals surface area contributed by atoms with Crippen molar-refractivity contribution < 1.29 is 17.1 Å². The Morgan fingerprint density at radius 1 is 1.47 bits per heavy atom. The molecular weight excluding hydrogens is 246 g/mol. The molecule has 2 aliphatic heterocycles. The third-order valence-corrected chi connectivity index (χ3v) is 3.25. The summed E-state index contributed by atoms with van der Waals surface area (Å²) in [7, 11) is 0. The van der Waals surface area contributed by atoms with E-state index in [0.29, 0.717) is 5.69 Å². The van der Waals surface area contributed by atoms with E-state index >= 15 is 0 Å². The van der Waals surface area contributed by atoms with Gasteiger partial charge in [-0.15, -0.1) is 0 Å². The number of carbonyl (C=O) groups excluding carboxylic acids is 3. The third kappa shape index (κ3) is 1.89. The molecule has 1 aromatic rings. The maximum atomic E-state index is 12.4. The second-order valence-corrected chi connectivity index (χ2v) is 4.63. The summed E-state index contributed by atoms with van der Waals surface area (Å²) in [5.41, 5.74) is 0.968. The van der Waals surface area contributed by atoms with E-state index in [-0.39, 0.29) is 24.0 Å². The summed E-state index contributed by atoms with van der Waals surface area (Å²) < 4.78 is 16.4. The van der Waals surface area contributed by atoms with Crippen LogP contribution in [0.5, 0.6) is 0 Å². The SMILES string of the molecule is [2H]C1([2H])c2cc(C)ncc2C(=O)N1C1CCC(=O)NC1=O. The van der Waals surface area contributed by atoms with Crippen molar-refractivity contribution in [1.82, 2.24) is 15.2 Å². The molecule has 98 valence electrons. The Morgan fingerprint density at radius 3 is 3.00 bits per heavy atom. The number of aryl methyl sites for hydroxylation is 1. The van der Waals surface area contributed by atoms with E-state index in [9.17, 15) is 14.4 Å². The van der Waals surface area contributed by atoms with Gasteiger partial charge in [-0.1, -0.05) is 0 Å². The minimum absolute atomic E-state index is 0.0872. The number of amides is 3. The molecule has 0 aromatic carbocycles. The number of hydrogen-bond donors (Lipinski definition) is 1. The number of pyridine rings is 1. The van der Waals surface area contributed by atoms with E-state index in [1.54, 1.807) is 6.92 Å². The van der Waals surface area contributed by atoms with Crippen LogP contribution < -0.4 is 5.32 Å². The van der Waals surface area contributed by atoms with E-state index in [4.69, 9.17) is 2.74 Å². The zero-order valence-corrected chi connectivity index (χ0v) is 10.3. The summed E-state index contributed by atoms with van der Waals surface area (Å²) in [6.07, 6.45) is 1.54. The van der Waals surface area contributed by atoms with Crippen LogP contribution in [0.25, 0.3) is 0 Å². The van der Waals surface area contributed by atoms with Gasteiger partial charge in [0.15, 0.2) is 0 Å². The molecule has 19 heavy (non-hydrogen) atoms. The van der Waals surface area contributed by atoms with Gasteiger partial charge in [-0.25, -0.2) is 0 Å².